The van der Waals surface area contributed by atoms with Crippen molar-refractivity contribution in [2.45, 2.75) is 26.3 Å². The maximum absolute atomic E-state index is 11.8. The van der Waals surface area contributed by atoms with E-state index in [1.165, 1.54) is 0 Å². The lowest BCUT2D eigenvalue weighted by molar-refractivity contribution is 0.0863. The summed E-state index contributed by atoms with van der Waals surface area (Å²) in [6, 6.07) is 3.61. The average molecular weight is 208 g/mol. The third-order valence-corrected chi connectivity index (χ3v) is 2.07. The highest BCUT2D eigenvalue weighted by atomic mass is 16.3. The third-order valence-electron chi connectivity index (χ3n) is 2.07. The van der Waals surface area contributed by atoms with Crippen molar-refractivity contribution in [1.82, 2.24) is 10.3 Å². The van der Waals surface area contributed by atoms with Crippen LogP contribution in [0.1, 0.15) is 29.9 Å². The van der Waals surface area contributed by atoms with E-state index in [4.69, 9.17) is 5.11 Å². The molecule has 0 spiro atoms. The summed E-state index contributed by atoms with van der Waals surface area (Å²) in [6.45, 7) is 5.23. The van der Waals surface area contributed by atoms with E-state index in [2.05, 4.69) is 10.3 Å². The molecule has 0 aromatic carbocycles. The van der Waals surface area contributed by atoms with Gasteiger partial charge in [-0.1, -0.05) is 6.07 Å². The standard InChI is InChI=1S/C11H16N2O2/c1-8-5-4-6-12-9(8)10(15)13-11(2,3)7-14/h4-6,14H,7H2,1-3H3,(H,13,15). The highest BCUT2D eigenvalue weighted by molar-refractivity contribution is 5.94. The average Bonchev–Trinajstić information content (AvgIpc) is 2.17. The van der Waals surface area contributed by atoms with Crippen molar-refractivity contribution < 1.29 is 9.90 Å². The van der Waals surface area contributed by atoms with E-state index in [-0.39, 0.29) is 12.5 Å². The molecule has 1 amide bonds. The molecular formula is C11H16N2O2. The third kappa shape index (κ3) is 3.02. The number of hydrogen-bond acceptors (Lipinski definition) is 3. The highest BCUT2D eigenvalue weighted by Gasteiger charge is 2.21. The number of aromatic nitrogens is 1. The Kier molecular flexibility index (Phi) is 3.42. The van der Waals surface area contributed by atoms with E-state index in [0.717, 1.165) is 5.56 Å². The number of rotatable bonds is 3. The Morgan fingerprint density at radius 2 is 2.27 bits per heavy atom. The molecule has 0 radical (unpaired) electrons. The Morgan fingerprint density at radius 1 is 1.60 bits per heavy atom. The summed E-state index contributed by atoms with van der Waals surface area (Å²) < 4.78 is 0. The summed E-state index contributed by atoms with van der Waals surface area (Å²) in [5, 5.41) is 11.7. The van der Waals surface area contributed by atoms with Gasteiger partial charge in [0.25, 0.3) is 5.91 Å². The maximum atomic E-state index is 11.8. The number of hydrogen-bond donors (Lipinski definition) is 2. The molecule has 1 heterocycles. The van der Waals surface area contributed by atoms with Crippen LogP contribution in [0.5, 0.6) is 0 Å². The summed E-state index contributed by atoms with van der Waals surface area (Å²) in [7, 11) is 0. The second-order valence-electron chi connectivity index (χ2n) is 4.17. The molecule has 0 atom stereocenters. The summed E-state index contributed by atoms with van der Waals surface area (Å²) >= 11 is 0. The van der Waals surface area contributed by atoms with E-state index < -0.39 is 5.54 Å². The normalized spacial score (nSPS) is 11.2. The molecule has 4 heteroatoms. The predicted molar refractivity (Wildman–Crippen MR) is 57.6 cm³/mol. The Hall–Kier alpha value is -1.42. The zero-order valence-electron chi connectivity index (χ0n) is 9.24. The van der Waals surface area contributed by atoms with Gasteiger partial charge in [0.05, 0.1) is 12.1 Å². The van der Waals surface area contributed by atoms with E-state index in [1.54, 1.807) is 26.1 Å². The molecule has 82 valence electrons. The number of carbonyl (C=O) groups excluding carboxylic acids is 1. The van der Waals surface area contributed by atoms with Crippen LogP contribution in [0.15, 0.2) is 18.3 Å². The Labute approximate surface area is 89.3 Å². The van der Waals surface area contributed by atoms with Crippen LogP contribution in [-0.2, 0) is 0 Å². The largest absolute Gasteiger partial charge is 0.394 e. The predicted octanol–water partition coefficient (Wildman–Crippen LogP) is 0.891. The lowest BCUT2D eigenvalue weighted by Gasteiger charge is -2.23. The van der Waals surface area contributed by atoms with Gasteiger partial charge in [0.2, 0.25) is 0 Å². The smallest absolute Gasteiger partial charge is 0.270 e. The quantitative estimate of drug-likeness (QED) is 0.775. The first-order chi connectivity index (χ1) is 6.96. The highest BCUT2D eigenvalue weighted by Crippen LogP contribution is 2.06. The molecule has 0 saturated heterocycles. The lowest BCUT2D eigenvalue weighted by Crippen LogP contribution is -2.46. The van der Waals surface area contributed by atoms with E-state index >= 15 is 0 Å². The molecule has 4 nitrogen and oxygen atoms in total. The van der Waals surface area contributed by atoms with Gasteiger partial charge in [-0.05, 0) is 32.4 Å². The van der Waals surface area contributed by atoms with Gasteiger partial charge in [-0.3, -0.25) is 9.78 Å². The van der Waals surface area contributed by atoms with Crippen LogP contribution in [0.25, 0.3) is 0 Å². The van der Waals surface area contributed by atoms with Crippen LogP contribution < -0.4 is 5.32 Å². The first-order valence-corrected chi connectivity index (χ1v) is 4.81. The summed E-state index contributed by atoms with van der Waals surface area (Å²) in [4.78, 5) is 15.8. The molecule has 0 fully saturated rings. The van der Waals surface area contributed by atoms with Crippen LogP contribution in [0, 0.1) is 6.92 Å². The van der Waals surface area contributed by atoms with Gasteiger partial charge in [0.15, 0.2) is 0 Å². The van der Waals surface area contributed by atoms with Crippen molar-refractivity contribution in [3.63, 3.8) is 0 Å². The van der Waals surface area contributed by atoms with Gasteiger partial charge >= 0.3 is 0 Å². The fourth-order valence-electron chi connectivity index (χ4n) is 1.13. The van der Waals surface area contributed by atoms with Gasteiger partial charge in [0, 0.05) is 6.20 Å². The van der Waals surface area contributed by atoms with Crippen molar-refractivity contribution in [1.29, 1.82) is 0 Å². The Bertz CT molecular complexity index is 361. The van der Waals surface area contributed by atoms with Crippen LogP contribution in [0.4, 0.5) is 0 Å². The molecule has 0 aliphatic heterocycles. The molecule has 1 aromatic rings. The monoisotopic (exact) mass is 208 g/mol. The molecular weight excluding hydrogens is 192 g/mol. The number of aryl methyl sites for hydroxylation is 1. The Morgan fingerprint density at radius 3 is 2.80 bits per heavy atom. The van der Waals surface area contributed by atoms with E-state index in [0.29, 0.717) is 5.69 Å². The minimum Gasteiger partial charge on any atom is -0.394 e. The number of amides is 1. The zero-order valence-corrected chi connectivity index (χ0v) is 9.24. The van der Waals surface area contributed by atoms with Crippen molar-refractivity contribution in [3.05, 3.63) is 29.6 Å². The zero-order chi connectivity index (χ0) is 11.5. The number of aliphatic hydroxyl groups excluding tert-OH is 1. The molecule has 15 heavy (non-hydrogen) atoms. The number of nitrogens with one attached hydrogen (secondary N) is 1. The molecule has 0 aliphatic carbocycles. The topological polar surface area (TPSA) is 62.2 Å². The summed E-state index contributed by atoms with van der Waals surface area (Å²) in [5.41, 5.74) is 0.601. The number of carbonyl (C=O) groups is 1. The van der Waals surface area contributed by atoms with Crippen molar-refractivity contribution >= 4 is 5.91 Å². The molecule has 0 unspecified atom stereocenters. The van der Waals surface area contributed by atoms with Gasteiger partial charge < -0.3 is 10.4 Å². The van der Waals surface area contributed by atoms with E-state index in [9.17, 15) is 4.79 Å². The minimum atomic E-state index is -0.624. The van der Waals surface area contributed by atoms with Gasteiger partial charge in [-0.2, -0.15) is 0 Å². The van der Waals surface area contributed by atoms with Gasteiger partial charge in [0.1, 0.15) is 5.69 Å². The van der Waals surface area contributed by atoms with Crippen molar-refractivity contribution in [3.8, 4) is 0 Å². The fraction of sp³-hybridized carbons (Fsp3) is 0.455. The molecule has 0 aliphatic rings. The van der Waals surface area contributed by atoms with E-state index in [1.807, 2.05) is 13.0 Å². The van der Waals surface area contributed by atoms with Crippen LogP contribution >= 0.6 is 0 Å². The molecule has 1 rings (SSSR count). The minimum absolute atomic E-state index is 0.107. The SMILES string of the molecule is Cc1cccnc1C(=O)NC(C)(C)CO. The molecule has 0 saturated carbocycles. The van der Waals surface area contributed by atoms with Crippen LogP contribution in [0.2, 0.25) is 0 Å². The molecule has 2 N–H and O–H groups in total. The first kappa shape index (κ1) is 11.7. The number of aliphatic hydroxyl groups is 1. The number of pyridine rings is 1. The first-order valence-electron chi connectivity index (χ1n) is 4.81. The van der Waals surface area contributed by atoms with Crippen molar-refractivity contribution in [2.75, 3.05) is 6.61 Å². The molecule has 1 aromatic heterocycles. The van der Waals surface area contributed by atoms with Crippen LogP contribution in [-0.4, -0.2) is 28.1 Å². The number of nitrogens with zero attached hydrogens (tertiary/aromatic N) is 1. The van der Waals surface area contributed by atoms with Crippen LogP contribution in [0.3, 0.4) is 0 Å². The van der Waals surface area contributed by atoms with Gasteiger partial charge in [-0.25, -0.2) is 0 Å². The Balaban J connectivity index is 2.83. The van der Waals surface area contributed by atoms with Crippen molar-refractivity contribution in [2.24, 2.45) is 0 Å². The fourth-order valence-corrected chi connectivity index (χ4v) is 1.13. The lowest BCUT2D eigenvalue weighted by atomic mass is 10.1. The summed E-state index contributed by atoms with van der Waals surface area (Å²) in [6.07, 6.45) is 1.58. The van der Waals surface area contributed by atoms with Gasteiger partial charge in [-0.15, -0.1) is 0 Å². The maximum Gasteiger partial charge on any atom is 0.270 e. The summed E-state index contributed by atoms with van der Waals surface area (Å²) in [5.74, 6) is -0.257. The second kappa shape index (κ2) is 4.40. The molecule has 0 bridgehead atoms. The second-order valence-corrected chi connectivity index (χ2v) is 4.17.